The quantitative estimate of drug-likeness (QED) is 0.171. The van der Waals surface area contributed by atoms with Crippen molar-refractivity contribution in [3.8, 4) is 17.1 Å². The van der Waals surface area contributed by atoms with E-state index in [1.807, 2.05) is 44.2 Å². The van der Waals surface area contributed by atoms with Crippen molar-refractivity contribution in [1.29, 1.82) is 0 Å². The Morgan fingerprint density at radius 2 is 1.91 bits per heavy atom. The number of nitrogens with one attached hydrogen (secondary N) is 2. The van der Waals surface area contributed by atoms with E-state index >= 15 is 0 Å². The van der Waals surface area contributed by atoms with Crippen molar-refractivity contribution in [1.82, 2.24) is 5.32 Å². The smallest absolute Gasteiger partial charge is 0.488 e. The highest BCUT2D eigenvalue weighted by atomic mass is 31.1. The van der Waals surface area contributed by atoms with Crippen LogP contribution in [0.1, 0.15) is 37.8 Å². The van der Waals surface area contributed by atoms with Crippen LogP contribution in [0.5, 0.6) is 5.75 Å². The molecule has 9 heteroatoms. The first-order valence-electron chi connectivity index (χ1n) is 11.8. The van der Waals surface area contributed by atoms with Crippen molar-refractivity contribution < 1.29 is 27.5 Å². The van der Waals surface area contributed by atoms with Gasteiger partial charge in [0.25, 0.3) is 0 Å². The van der Waals surface area contributed by atoms with Crippen LogP contribution >= 0.6 is 8.25 Å². The van der Waals surface area contributed by atoms with E-state index in [0.29, 0.717) is 19.5 Å². The van der Waals surface area contributed by atoms with Gasteiger partial charge >= 0.3 is 8.25 Å². The van der Waals surface area contributed by atoms with Crippen molar-refractivity contribution in [2.45, 2.75) is 45.8 Å². The molecule has 188 valence electrons. The zero-order valence-electron chi connectivity index (χ0n) is 20.1. The maximum atomic E-state index is 14.2. The molecule has 0 radical (unpaired) electrons. The van der Waals surface area contributed by atoms with Crippen LogP contribution in [0.15, 0.2) is 59.2 Å². The monoisotopic (exact) mass is 503 g/mol. The SMILES string of the molecule is CC(C)Oc1ccc(CCCNc2ccc(CNCCCO[P+](=O)O)cc2-c2ccco2)cc1F. The molecule has 0 aliphatic rings. The minimum atomic E-state index is -2.54. The Morgan fingerprint density at radius 1 is 1.09 bits per heavy atom. The van der Waals surface area contributed by atoms with E-state index in [1.54, 1.807) is 18.4 Å². The van der Waals surface area contributed by atoms with Crippen LogP contribution in [-0.4, -0.2) is 30.7 Å². The standard InChI is InChI=1S/C26H32FN2O5P/c1-19(2)34-26-11-9-20(17-23(26)27)6-3-13-29-24-10-8-21(16-22(24)25-7-4-14-32-25)18-28-12-5-15-33-35(30)31/h4,7-11,14,16-17,19,28-29H,3,5-6,12-13,15,18H2,1-2H3/p+1. The molecule has 1 atom stereocenters. The number of hydrogen-bond donors (Lipinski definition) is 3. The molecule has 2 aromatic carbocycles. The number of anilines is 1. The van der Waals surface area contributed by atoms with E-state index in [0.717, 1.165) is 47.5 Å². The lowest BCUT2D eigenvalue weighted by atomic mass is 10.1. The Hall–Kier alpha value is -2.77. The Kier molecular flexibility index (Phi) is 10.7. The molecule has 1 heterocycles. The van der Waals surface area contributed by atoms with Crippen molar-refractivity contribution in [3.05, 3.63) is 71.7 Å². The van der Waals surface area contributed by atoms with Gasteiger partial charge in [-0.1, -0.05) is 12.1 Å². The van der Waals surface area contributed by atoms with E-state index in [-0.39, 0.29) is 24.3 Å². The number of halogens is 1. The zero-order chi connectivity index (χ0) is 25.0. The first-order chi connectivity index (χ1) is 16.9. The highest BCUT2D eigenvalue weighted by molar-refractivity contribution is 7.32. The predicted octanol–water partition coefficient (Wildman–Crippen LogP) is 6.06. The summed E-state index contributed by atoms with van der Waals surface area (Å²) in [4.78, 5) is 8.65. The van der Waals surface area contributed by atoms with Crippen LogP contribution < -0.4 is 15.4 Å². The van der Waals surface area contributed by atoms with Crippen LogP contribution in [-0.2, 0) is 22.1 Å². The fourth-order valence-electron chi connectivity index (χ4n) is 3.63. The molecule has 0 spiro atoms. The minimum absolute atomic E-state index is 0.0649. The third kappa shape index (κ3) is 9.07. The second-order valence-corrected chi connectivity index (χ2v) is 9.15. The van der Waals surface area contributed by atoms with Gasteiger partial charge < -0.3 is 19.8 Å². The normalized spacial score (nSPS) is 11.6. The molecule has 0 fully saturated rings. The summed E-state index contributed by atoms with van der Waals surface area (Å²) in [5, 5.41) is 6.79. The molecule has 7 nitrogen and oxygen atoms in total. The lowest BCUT2D eigenvalue weighted by Gasteiger charge is -2.14. The van der Waals surface area contributed by atoms with Crippen LogP contribution in [0.3, 0.4) is 0 Å². The molecule has 3 aromatic rings. The number of benzene rings is 2. The van der Waals surface area contributed by atoms with E-state index in [4.69, 9.17) is 14.0 Å². The van der Waals surface area contributed by atoms with Crippen molar-refractivity contribution >= 4 is 13.9 Å². The largest absolute Gasteiger partial charge is 0.694 e. The molecule has 0 aliphatic heterocycles. The zero-order valence-corrected chi connectivity index (χ0v) is 21.0. The highest BCUT2D eigenvalue weighted by Crippen LogP contribution is 2.30. The Bertz CT molecular complexity index is 1080. The molecule has 3 N–H and O–H groups in total. The maximum Gasteiger partial charge on any atom is 0.694 e. The first kappa shape index (κ1) is 26.8. The van der Waals surface area contributed by atoms with Gasteiger partial charge in [0.05, 0.1) is 12.4 Å². The van der Waals surface area contributed by atoms with Crippen molar-refractivity contribution in [2.24, 2.45) is 0 Å². The summed E-state index contributed by atoms with van der Waals surface area (Å²) < 4.78 is 40.5. The highest BCUT2D eigenvalue weighted by Gasteiger charge is 2.12. The molecule has 1 unspecified atom stereocenters. The number of hydrogen-bond acceptors (Lipinski definition) is 6. The number of rotatable bonds is 15. The predicted molar refractivity (Wildman–Crippen MR) is 135 cm³/mol. The second-order valence-electron chi connectivity index (χ2n) is 8.42. The molecule has 1 aromatic heterocycles. The van der Waals surface area contributed by atoms with Crippen LogP contribution in [0.2, 0.25) is 0 Å². The molecule has 35 heavy (non-hydrogen) atoms. The molecule has 3 rings (SSSR count). The molecular formula is C26H33FN2O5P+. The van der Waals surface area contributed by atoms with Crippen molar-refractivity contribution in [3.63, 3.8) is 0 Å². The Morgan fingerprint density at radius 3 is 2.63 bits per heavy atom. The van der Waals surface area contributed by atoms with Gasteiger partial charge in [-0.05, 0) is 87.2 Å². The topological polar surface area (TPSA) is 93.0 Å². The van der Waals surface area contributed by atoms with E-state index in [1.165, 1.54) is 0 Å². The number of ether oxygens (including phenoxy) is 1. The summed E-state index contributed by atoms with van der Waals surface area (Å²) in [6.07, 6.45) is 3.82. The van der Waals surface area contributed by atoms with Crippen LogP contribution in [0.25, 0.3) is 11.3 Å². The first-order valence-corrected chi connectivity index (χ1v) is 12.9. The average molecular weight is 504 g/mol. The lowest BCUT2D eigenvalue weighted by molar-refractivity contribution is 0.231. The van der Waals surface area contributed by atoms with Gasteiger partial charge in [0, 0.05) is 28.9 Å². The van der Waals surface area contributed by atoms with E-state index < -0.39 is 8.25 Å². The fourth-order valence-corrected chi connectivity index (χ4v) is 3.91. The summed E-state index contributed by atoms with van der Waals surface area (Å²) in [6.45, 7) is 6.04. The summed E-state index contributed by atoms with van der Waals surface area (Å²) in [6, 6.07) is 15.1. The van der Waals surface area contributed by atoms with Crippen LogP contribution in [0.4, 0.5) is 10.1 Å². The molecule has 0 saturated heterocycles. The Balaban J connectivity index is 1.53. The van der Waals surface area contributed by atoms with E-state index in [2.05, 4.69) is 21.2 Å². The minimum Gasteiger partial charge on any atom is -0.488 e. The van der Waals surface area contributed by atoms with Gasteiger partial charge in [-0.15, -0.1) is 9.42 Å². The number of aryl methyl sites for hydroxylation is 1. The molecule has 0 aliphatic carbocycles. The molecule has 0 bridgehead atoms. The summed E-state index contributed by atoms with van der Waals surface area (Å²) in [7, 11) is -2.54. The average Bonchev–Trinajstić information content (AvgIpc) is 3.35. The van der Waals surface area contributed by atoms with Gasteiger partial charge in [-0.2, -0.15) is 0 Å². The summed E-state index contributed by atoms with van der Waals surface area (Å²) in [5.74, 6) is 0.733. The molecule has 0 amide bonds. The van der Waals surface area contributed by atoms with Crippen molar-refractivity contribution in [2.75, 3.05) is 25.0 Å². The summed E-state index contributed by atoms with van der Waals surface area (Å²) >= 11 is 0. The van der Waals surface area contributed by atoms with Gasteiger partial charge in [0.2, 0.25) is 0 Å². The maximum absolute atomic E-state index is 14.2. The van der Waals surface area contributed by atoms with Gasteiger partial charge in [-0.3, -0.25) is 0 Å². The molecule has 0 saturated carbocycles. The lowest BCUT2D eigenvalue weighted by Crippen LogP contribution is -2.16. The van der Waals surface area contributed by atoms with Gasteiger partial charge in [0.15, 0.2) is 11.6 Å². The summed E-state index contributed by atoms with van der Waals surface area (Å²) in [5.41, 5.74) is 3.96. The number of furan rings is 1. The van der Waals surface area contributed by atoms with Crippen LogP contribution in [0, 0.1) is 5.82 Å². The van der Waals surface area contributed by atoms with E-state index in [9.17, 15) is 8.96 Å². The third-order valence-electron chi connectivity index (χ3n) is 5.22. The van der Waals surface area contributed by atoms with Gasteiger partial charge in [-0.25, -0.2) is 4.39 Å². The fraction of sp³-hybridized carbons (Fsp3) is 0.385. The van der Waals surface area contributed by atoms with Gasteiger partial charge in [0.1, 0.15) is 12.4 Å². The molecular weight excluding hydrogens is 470 g/mol. The Labute approximate surface area is 206 Å². The second kappa shape index (κ2) is 14.0. The third-order valence-corrected chi connectivity index (χ3v) is 5.62.